The van der Waals surface area contributed by atoms with Crippen molar-refractivity contribution in [2.24, 2.45) is 0 Å². The molecule has 2 aromatic carbocycles. The predicted octanol–water partition coefficient (Wildman–Crippen LogP) is 2.96. The van der Waals surface area contributed by atoms with Crippen LogP contribution in [0.2, 0.25) is 0 Å². The Morgan fingerprint density at radius 1 is 1.19 bits per heavy atom. The van der Waals surface area contributed by atoms with Crippen molar-refractivity contribution in [3.8, 4) is 11.4 Å². The van der Waals surface area contributed by atoms with Crippen molar-refractivity contribution >= 4 is 5.91 Å². The van der Waals surface area contributed by atoms with Crippen LogP contribution in [0.5, 0.6) is 5.75 Å². The monoisotopic (exact) mass is 447 g/mol. The van der Waals surface area contributed by atoms with Crippen LogP contribution < -0.4 is 15.6 Å². The molecule has 0 unspecified atom stereocenters. The van der Waals surface area contributed by atoms with E-state index in [4.69, 9.17) is 9.84 Å². The third-order valence-electron chi connectivity index (χ3n) is 4.79. The number of amides is 1. The number of alkyl halides is 2. The molecule has 0 saturated heterocycles. The van der Waals surface area contributed by atoms with Gasteiger partial charge < -0.3 is 15.2 Å². The lowest BCUT2D eigenvalue weighted by atomic mass is 10.0. The van der Waals surface area contributed by atoms with Crippen molar-refractivity contribution in [3.63, 3.8) is 0 Å². The number of aliphatic hydroxyl groups is 1. The third kappa shape index (κ3) is 4.65. The number of carbonyl (C=O) groups excluding carboxylic acids is 1. The van der Waals surface area contributed by atoms with E-state index in [0.717, 1.165) is 16.8 Å². The molecular weight excluding hydrogens is 427 g/mol. The van der Waals surface area contributed by atoms with Gasteiger partial charge >= 0.3 is 0 Å². The van der Waals surface area contributed by atoms with Crippen molar-refractivity contribution in [2.45, 2.75) is 18.9 Å². The fraction of sp³-hybridized carbons (Fsp3) is 0.227. The smallest absolute Gasteiger partial charge is 0.298 e. The topological polar surface area (TPSA) is 93.5 Å². The molecule has 1 atom stereocenters. The van der Waals surface area contributed by atoms with E-state index in [1.165, 1.54) is 32.2 Å². The Morgan fingerprint density at radius 2 is 1.88 bits per heavy atom. The molecule has 7 nitrogen and oxygen atoms in total. The minimum Gasteiger partial charge on any atom is -0.497 e. The van der Waals surface area contributed by atoms with Crippen LogP contribution in [0.1, 0.15) is 34.6 Å². The van der Waals surface area contributed by atoms with Gasteiger partial charge in [0.1, 0.15) is 23.9 Å². The van der Waals surface area contributed by atoms with E-state index in [-0.39, 0.29) is 11.3 Å². The van der Waals surface area contributed by atoms with Crippen molar-refractivity contribution in [1.82, 2.24) is 15.1 Å². The lowest BCUT2D eigenvalue weighted by Gasteiger charge is -2.20. The highest BCUT2D eigenvalue weighted by atomic mass is 19.3. The zero-order chi connectivity index (χ0) is 23.5. The number of ether oxygens (including phenoxy) is 1. The van der Waals surface area contributed by atoms with E-state index in [0.29, 0.717) is 11.4 Å². The summed E-state index contributed by atoms with van der Waals surface area (Å²) in [4.78, 5) is 24.8. The molecule has 0 fully saturated rings. The molecule has 0 spiro atoms. The molecule has 0 aliphatic carbocycles. The summed E-state index contributed by atoms with van der Waals surface area (Å²) in [5.74, 6) is -5.16. The highest BCUT2D eigenvalue weighted by Gasteiger charge is 2.35. The van der Waals surface area contributed by atoms with Gasteiger partial charge in [0.15, 0.2) is 0 Å². The second-order valence-electron chi connectivity index (χ2n) is 6.93. The van der Waals surface area contributed by atoms with Gasteiger partial charge in [0.05, 0.1) is 24.4 Å². The van der Waals surface area contributed by atoms with Crippen LogP contribution in [-0.4, -0.2) is 34.5 Å². The molecule has 1 amide bonds. The maximum absolute atomic E-state index is 14.6. The van der Waals surface area contributed by atoms with E-state index >= 15 is 0 Å². The molecule has 10 heteroatoms. The van der Waals surface area contributed by atoms with Gasteiger partial charge in [-0.2, -0.15) is 18.6 Å². The number of halogens is 3. The maximum Gasteiger partial charge on any atom is 0.298 e. The molecule has 0 radical (unpaired) electrons. The van der Waals surface area contributed by atoms with E-state index in [1.54, 1.807) is 24.3 Å². The lowest BCUT2D eigenvalue weighted by molar-refractivity contribution is -0.0584. The highest BCUT2D eigenvalue weighted by molar-refractivity contribution is 5.92. The Labute approximate surface area is 181 Å². The second-order valence-corrected chi connectivity index (χ2v) is 6.93. The highest BCUT2D eigenvalue weighted by Crippen LogP contribution is 2.32. The number of aromatic nitrogens is 2. The largest absolute Gasteiger partial charge is 0.497 e. The Morgan fingerprint density at radius 3 is 2.50 bits per heavy atom. The van der Waals surface area contributed by atoms with E-state index in [2.05, 4.69) is 10.4 Å². The summed E-state index contributed by atoms with van der Waals surface area (Å²) < 4.78 is 48.3. The minimum atomic E-state index is -3.76. The molecule has 1 heterocycles. The zero-order valence-corrected chi connectivity index (χ0v) is 17.2. The van der Waals surface area contributed by atoms with Gasteiger partial charge in [-0.1, -0.05) is 12.1 Å². The number of benzene rings is 2. The summed E-state index contributed by atoms with van der Waals surface area (Å²) >= 11 is 0. The number of hydrogen-bond donors (Lipinski definition) is 2. The van der Waals surface area contributed by atoms with Crippen molar-refractivity contribution in [3.05, 3.63) is 87.6 Å². The van der Waals surface area contributed by atoms with Crippen molar-refractivity contribution < 1.29 is 27.8 Å². The first-order valence-corrected chi connectivity index (χ1v) is 9.51. The summed E-state index contributed by atoms with van der Waals surface area (Å²) in [6.07, 6.45) is 0. The Bertz CT molecular complexity index is 1180. The first-order valence-electron chi connectivity index (χ1n) is 9.51. The molecule has 0 aliphatic heterocycles. The van der Waals surface area contributed by atoms with Crippen LogP contribution in [0.25, 0.3) is 5.69 Å². The van der Waals surface area contributed by atoms with Crippen LogP contribution in [-0.2, 0) is 5.92 Å². The van der Waals surface area contributed by atoms with Gasteiger partial charge in [0.2, 0.25) is 0 Å². The van der Waals surface area contributed by atoms with Crippen LogP contribution >= 0.6 is 0 Å². The lowest BCUT2D eigenvalue weighted by Crippen LogP contribution is -2.31. The predicted molar refractivity (Wildman–Crippen MR) is 110 cm³/mol. The van der Waals surface area contributed by atoms with Gasteiger partial charge in [-0.25, -0.2) is 4.39 Å². The summed E-state index contributed by atoms with van der Waals surface area (Å²) in [5, 5.41) is 15.4. The molecule has 0 bridgehead atoms. The molecular formula is C22H20F3N3O4. The molecule has 168 valence electrons. The molecule has 0 saturated carbocycles. The quantitative estimate of drug-likeness (QED) is 0.581. The first kappa shape index (κ1) is 23.0. The standard InChI is InChI=1S/C22H20F3N3O4/c1-13(16-4-3-5-17(20(16)23)22(24,25)12-29)26-21(31)18-10-11-19(30)28(27-18)14-6-8-15(32-2)9-7-14/h3-11,13,29H,12H2,1-2H3,(H,26,31)/t13-/m1/s1. The van der Waals surface area contributed by atoms with Gasteiger partial charge in [0.25, 0.3) is 17.4 Å². The number of nitrogens with zero attached hydrogens (tertiary/aromatic N) is 2. The summed E-state index contributed by atoms with van der Waals surface area (Å²) in [6, 6.07) is 11.1. The molecule has 3 aromatic rings. The van der Waals surface area contributed by atoms with Gasteiger partial charge in [-0.05, 0) is 43.3 Å². The SMILES string of the molecule is COc1ccc(-n2nc(C(=O)N[C@H](C)c3cccc(C(F)(F)CO)c3F)ccc2=O)cc1. The van der Waals surface area contributed by atoms with Gasteiger partial charge in [0, 0.05) is 11.6 Å². The summed E-state index contributed by atoms with van der Waals surface area (Å²) in [6.45, 7) is -0.137. The summed E-state index contributed by atoms with van der Waals surface area (Å²) in [7, 11) is 1.50. The molecule has 2 N–H and O–H groups in total. The summed E-state index contributed by atoms with van der Waals surface area (Å²) in [5.41, 5.74) is -1.38. The normalized spacial score (nSPS) is 12.3. The van der Waals surface area contributed by atoms with E-state index < -0.39 is 41.4 Å². The number of rotatable bonds is 7. The van der Waals surface area contributed by atoms with Crippen molar-refractivity contribution in [1.29, 1.82) is 0 Å². The molecule has 32 heavy (non-hydrogen) atoms. The van der Waals surface area contributed by atoms with E-state index in [9.17, 15) is 22.8 Å². The van der Waals surface area contributed by atoms with E-state index in [1.807, 2.05) is 0 Å². The zero-order valence-electron chi connectivity index (χ0n) is 17.2. The van der Waals surface area contributed by atoms with Crippen LogP contribution in [0.4, 0.5) is 13.2 Å². The maximum atomic E-state index is 14.6. The van der Waals surface area contributed by atoms with Crippen molar-refractivity contribution in [2.75, 3.05) is 13.7 Å². The number of hydrogen-bond acceptors (Lipinski definition) is 5. The number of carbonyl (C=O) groups is 1. The van der Waals surface area contributed by atoms with Crippen LogP contribution in [0.15, 0.2) is 59.4 Å². The van der Waals surface area contributed by atoms with Crippen LogP contribution in [0.3, 0.4) is 0 Å². The average molecular weight is 447 g/mol. The molecule has 3 rings (SSSR count). The molecule has 1 aromatic heterocycles. The average Bonchev–Trinajstić information content (AvgIpc) is 2.79. The number of aliphatic hydroxyl groups excluding tert-OH is 1. The fourth-order valence-corrected chi connectivity index (χ4v) is 3.04. The number of methoxy groups -OCH3 is 1. The number of nitrogens with one attached hydrogen (secondary N) is 1. The van der Waals surface area contributed by atoms with Gasteiger partial charge in [-0.3, -0.25) is 9.59 Å². The second kappa shape index (κ2) is 9.23. The third-order valence-corrected chi connectivity index (χ3v) is 4.79. The minimum absolute atomic E-state index is 0.135. The molecule has 0 aliphatic rings. The van der Waals surface area contributed by atoms with Gasteiger partial charge in [-0.15, -0.1) is 0 Å². The first-order chi connectivity index (χ1) is 15.2. The Kier molecular flexibility index (Phi) is 6.64. The van der Waals surface area contributed by atoms with Crippen LogP contribution in [0, 0.1) is 5.82 Å². The Hall–Kier alpha value is -3.66. The fourth-order valence-electron chi connectivity index (χ4n) is 3.04. The Balaban J connectivity index is 1.86.